The summed E-state index contributed by atoms with van der Waals surface area (Å²) in [6, 6.07) is 18.8. The van der Waals surface area contributed by atoms with Crippen molar-refractivity contribution in [1.82, 2.24) is 14.5 Å². The normalized spacial score (nSPS) is 11.0. The number of hydrogen-bond acceptors (Lipinski definition) is 5. The average molecular weight is 470 g/mol. The molecule has 2 aromatic heterocycles. The van der Waals surface area contributed by atoms with Gasteiger partial charge in [0, 0.05) is 18.1 Å². The summed E-state index contributed by atoms with van der Waals surface area (Å²) in [4.78, 5) is 32.6. The minimum atomic E-state index is -0.158. The zero-order chi connectivity index (χ0) is 21.8. The molecule has 0 saturated carbocycles. The van der Waals surface area contributed by atoms with Crippen molar-refractivity contribution in [2.45, 2.75) is 18.6 Å². The van der Waals surface area contributed by atoms with Gasteiger partial charge in [-0.2, -0.15) is 0 Å². The van der Waals surface area contributed by atoms with Crippen molar-refractivity contribution >= 4 is 50.8 Å². The van der Waals surface area contributed by atoms with Gasteiger partial charge >= 0.3 is 0 Å². The summed E-state index contributed by atoms with van der Waals surface area (Å²) < 4.78 is 2.12. The van der Waals surface area contributed by atoms with Gasteiger partial charge in [0.25, 0.3) is 5.56 Å². The van der Waals surface area contributed by atoms with Gasteiger partial charge in [0.1, 0.15) is 4.70 Å². The highest BCUT2D eigenvalue weighted by molar-refractivity contribution is 7.99. The fourth-order valence-corrected chi connectivity index (χ4v) is 5.09. The quantitative estimate of drug-likeness (QED) is 0.274. The average Bonchev–Trinajstić information content (AvgIpc) is 3.25. The van der Waals surface area contributed by atoms with Gasteiger partial charge in [-0.1, -0.05) is 59.8 Å². The predicted molar refractivity (Wildman–Crippen MR) is 128 cm³/mol. The van der Waals surface area contributed by atoms with Crippen molar-refractivity contribution in [3.63, 3.8) is 0 Å². The van der Waals surface area contributed by atoms with Crippen LogP contribution in [0.25, 0.3) is 15.9 Å². The lowest BCUT2D eigenvalue weighted by atomic mass is 10.2. The van der Waals surface area contributed by atoms with Crippen LogP contribution in [0.3, 0.4) is 0 Å². The zero-order valence-corrected chi connectivity index (χ0v) is 19.2. The number of aromatic nitrogens is 2. The van der Waals surface area contributed by atoms with Crippen LogP contribution < -0.4 is 5.56 Å². The van der Waals surface area contributed by atoms with Crippen molar-refractivity contribution < 1.29 is 4.79 Å². The second-order valence-electron chi connectivity index (χ2n) is 6.83. The van der Waals surface area contributed by atoms with Crippen molar-refractivity contribution in [2.75, 3.05) is 12.3 Å². The number of nitrogens with zero attached hydrogens (tertiary/aromatic N) is 3. The number of benzene rings is 2. The van der Waals surface area contributed by atoms with Crippen molar-refractivity contribution in [3.05, 3.63) is 87.0 Å². The molecule has 0 N–H and O–H groups in total. The molecule has 2 heterocycles. The smallest absolute Gasteiger partial charge is 0.276 e. The molecule has 0 radical (unpaired) electrons. The van der Waals surface area contributed by atoms with Crippen LogP contribution in [0.2, 0.25) is 5.02 Å². The number of amides is 1. The lowest BCUT2D eigenvalue weighted by Gasteiger charge is -2.21. The Balaban J connectivity index is 1.62. The van der Waals surface area contributed by atoms with Crippen LogP contribution in [0.4, 0.5) is 0 Å². The Kier molecular flexibility index (Phi) is 6.75. The highest BCUT2D eigenvalue weighted by Gasteiger charge is 2.18. The number of rotatable bonds is 7. The largest absolute Gasteiger partial charge is 0.338 e. The van der Waals surface area contributed by atoms with E-state index in [1.54, 1.807) is 23.1 Å². The van der Waals surface area contributed by atoms with Gasteiger partial charge in [0.05, 0.1) is 17.0 Å². The first-order valence-corrected chi connectivity index (χ1v) is 12.0. The molecule has 1 amide bonds. The van der Waals surface area contributed by atoms with Crippen LogP contribution in [0.1, 0.15) is 12.5 Å². The SMILES string of the molecule is CCN(Cc1ccccc1)C(=O)CSc1nc2ccsc2c(=O)n1-c1cccc(Cl)c1. The Morgan fingerprint density at radius 2 is 1.97 bits per heavy atom. The van der Waals surface area contributed by atoms with Gasteiger partial charge in [0.2, 0.25) is 5.91 Å². The predicted octanol–water partition coefficient (Wildman–Crippen LogP) is 5.24. The Bertz CT molecular complexity index is 1270. The van der Waals surface area contributed by atoms with Gasteiger partial charge in [-0.25, -0.2) is 4.98 Å². The van der Waals surface area contributed by atoms with E-state index in [-0.39, 0.29) is 17.2 Å². The molecule has 4 aromatic rings. The lowest BCUT2D eigenvalue weighted by Crippen LogP contribution is -2.32. The maximum Gasteiger partial charge on any atom is 0.276 e. The van der Waals surface area contributed by atoms with Gasteiger partial charge in [0.15, 0.2) is 5.16 Å². The fraction of sp³-hybridized carbons (Fsp3) is 0.174. The molecule has 31 heavy (non-hydrogen) atoms. The van der Waals surface area contributed by atoms with E-state index in [1.807, 2.05) is 54.8 Å². The van der Waals surface area contributed by atoms with Gasteiger partial charge in [-0.15, -0.1) is 11.3 Å². The van der Waals surface area contributed by atoms with Crippen molar-refractivity contribution in [2.24, 2.45) is 0 Å². The monoisotopic (exact) mass is 469 g/mol. The van der Waals surface area contributed by atoms with E-state index in [1.165, 1.54) is 27.7 Å². The molecule has 4 rings (SSSR count). The van der Waals surface area contributed by atoms with E-state index in [0.29, 0.717) is 39.2 Å². The number of halogens is 1. The third-order valence-corrected chi connectivity index (χ3v) is 6.84. The molecule has 0 saturated heterocycles. The molecular formula is C23H20ClN3O2S2. The zero-order valence-electron chi connectivity index (χ0n) is 16.8. The van der Waals surface area contributed by atoms with E-state index in [9.17, 15) is 9.59 Å². The molecule has 8 heteroatoms. The first-order chi connectivity index (χ1) is 15.1. The Hall–Kier alpha value is -2.61. The van der Waals surface area contributed by atoms with E-state index < -0.39 is 0 Å². The molecule has 0 fully saturated rings. The third kappa shape index (κ3) is 4.84. The molecule has 0 atom stereocenters. The minimum Gasteiger partial charge on any atom is -0.338 e. The molecule has 0 aliphatic rings. The number of fused-ring (bicyclic) bond motifs is 1. The van der Waals surface area contributed by atoms with E-state index >= 15 is 0 Å². The number of carbonyl (C=O) groups is 1. The molecule has 0 bridgehead atoms. The van der Waals surface area contributed by atoms with E-state index in [4.69, 9.17) is 11.6 Å². The van der Waals surface area contributed by atoms with Crippen LogP contribution in [0, 0.1) is 0 Å². The molecule has 2 aromatic carbocycles. The van der Waals surface area contributed by atoms with Crippen molar-refractivity contribution in [1.29, 1.82) is 0 Å². The minimum absolute atomic E-state index is 0.00587. The topological polar surface area (TPSA) is 55.2 Å². The second-order valence-corrected chi connectivity index (χ2v) is 9.13. The molecule has 0 spiro atoms. The molecule has 0 aliphatic heterocycles. The summed E-state index contributed by atoms with van der Waals surface area (Å²) in [5.41, 5.74) is 2.19. The highest BCUT2D eigenvalue weighted by Crippen LogP contribution is 2.25. The third-order valence-electron chi connectivity index (χ3n) is 4.79. The van der Waals surface area contributed by atoms with Crippen LogP contribution in [-0.2, 0) is 11.3 Å². The second kappa shape index (κ2) is 9.68. The van der Waals surface area contributed by atoms with E-state index in [2.05, 4.69) is 4.98 Å². The Labute approximate surface area is 193 Å². The lowest BCUT2D eigenvalue weighted by molar-refractivity contribution is -0.128. The van der Waals surface area contributed by atoms with Crippen molar-refractivity contribution in [3.8, 4) is 5.69 Å². The van der Waals surface area contributed by atoms with Gasteiger partial charge < -0.3 is 4.90 Å². The summed E-state index contributed by atoms with van der Waals surface area (Å²) >= 11 is 8.78. The van der Waals surface area contributed by atoms with Crippen LogP contribution in [-0.4, -0.2) is 32.7 Å². The summed E-state index contributed by atoms with van der Waals surface area (Å²) in [5.74, 6) is 0.178. The molecule has 0 aliphatic carbocycles. The maximum absolute atomic E-state index is 13.2. The Morgan fingerprint density at radius 1 is 1.16 bits per heavy atom. The standard InChI is InChI=1S/C23H20ClN3O2S2/c1-2-26(14-16-7-4-3-5-8-16)20(28)15-31-23-25-19-11-12-30-21(19)22(29)27(23)18-10-6-9-17(24)13-18/h3-13H,2,14-15H2,1H3. The van der Waals surface area contributed by atoms with Crippen LogP contribution >= 0.6 is 34.7 Å². The number of thioether (sulfide) groups is 1. The molecule has 158 valence electrons. The van der Waals surface area contributed by atoms with Gasteiger partial charge in [-0.05, 0) is 42.1 Å². The summed E-state index contributed by atoms with van der Waals surface area (Å²) in [6.45, 7) is 3.12. The first kappa shape index (κ1) is 21.6. The Morgan fingerprint density at radius 3 is 2.71 bits per heavy atom. The molecule has 0 unspecified atom stereocenters. The highest BCUT2D eigenvalue weighted by atomic mass is 35.5. The molecule has 5 nitrogen and oxygen atoms in total. The number of thiophene rings is 1. The summed E-state index contributed by atoms with van der Waals surface area (Å²) in [7, 11) is 0. The fourth-order valence-electron chi connectivity index (χ4n) is 3.23. The summed E-state index contributed by atoms with van der Waals surface area (Å²) in [6.07, 6.45) is 0. The summed E-state index contributed by atoms with van der Waals surface area (Å²) in [5, 5.41) is 2.85. The van der Waals surface area contributed by atoms with Gasteiger partial charge in [-0.3, -0.25) is 14.2 Å². The number of hydrogen-bond donors (Lipinski definition) is 0. The molecular weight excluding hydrogens is 450 g/mol. The van der Waals surface area contributed by atoms with Crippen LogP contribution in [0.15, 0.2) is 76.0 Å². The van der Waals surface area contributed by atoms with E-state index in [0.717, 1.165) is 5.56 Å². The van der Waals surface area contributed by atoms with Crippen LogP contribution in [0.5, 0.6) is 0 Å². The first-order valence-electron chi connectivity index (χ1n) is 9.77. The number of carbonyl (C=O) groups excluding carboxylic acids is 1. The maximum atomic E-state index is 13.2.